The molecule has 1 aliphatic heterocycles. The maximum Gasteiger partial charge on any atom is 0.296 e. The molecule has 1 aliphatic rings. The predicted octanol–water partition coefficient (Wildman–Crippen LogP) is 5.86. The van der Waals surface area contributed by atoms with E-state index in [1.807, 2.05) is 78.9 Å². The molecule has 5 aromatic rings. The molecule has 1 fully saturated rings. The molecule has 1 N–H and O–H groups in total. The van der Waals surface area contributed by atoms with Crippen molar-refractivity contribution in [1.29, 1.82) is 0 Å². The van der Waals surface area contributed by atoms with Crippen LogP contribution in [0.15, 0.2) is 144 Å². The van der Waals surface area contributed by atoms with Crippen LogP contribution in [0, 0.1) is 6.92 Å². The number of sulfonamides is 1. The number of nitrogens with one attached hydrogen (secondary N) is 1. The summed E-state index contributed by atoms with van der Waals surface area (Å²) in [4.78, 5) is 13.8. The molecule has 0 aromatic heterocycles. The van der Waals surface area contributed by atoms with Gasteiger partial charge in [0.25, 0.3) is 20.2 Å². The number of amides is 1. The van der Waals surface area contributed by atoms with E-state index in [9.17, 15) is 21.6 Å². The number of hydrogen-bond acceptors (Lipinski definition) is 6. The molecule has 9 nitrogen and oxygen atoms in total. The molecule has 0 saturated carbocycles. The first-order valence-electron chi connectivity index (χ1n) is 15.4. The van der Waals surface area contributed by atoms with Crippen LogP contribution < -0.4 is 10.1 Å². The summed E-state index contributed by atoms with van der Waals surface area (Å²) in [5, 5.41) is 2.95. The maximum absolute atomic E-state index is 14.1. The molecule has 1 saturated heterocycles. The van der Waals surface area contributed by atoms with Crippen LogP contribution in [0.4, 0.5) is 0 Å². The van der Waals surface area contributed by atoms with E-state index in [4.69, 9.17) is 4.74 Å². The molecule has 0 radical (unpaired) electrons. The molecule has 1 amide bonds. The van der Waals surface area contributed by atoms with Crippen molar-refractivity contribution < 1.29 is 26.4 Å². The second-order valence-electron chi connectivity index (χ2n) is 11.5. The molecule has 0 spiro atoms. The molecule has 1 unspecified atom stereocenters. The van der Waals surface area contributed by atoms with Crippen LogP contribution in [-0.4, -0.2) is 49.9 Å². The predicted molar refractivity (Wildman–Crippen MR) is 184 cm³/mol. The van der Waals surface area contributed by atoms with Crippen LogP contribution >= 0.6 is 0 Å². The standard InChI is InChI=1S/C37H35N3O6S2/c1-28-20-22-34(23-21-28)47(42,43)40-27-36(37(41)38-25-35(30-13-5-2-6-14-30)31-15-7-3-8-16-31)39(48(40,44)45)26-29-12-11-19-33(24-29)46-32-17-9-4-10-18-32/h2-24,35-36H,25-27H2,1H3,(H,38,41). The highest BCUT2D eigenvalue weighted by molar-refractivity contribution is 8.03. The van der Waals surface area contributed by atoms with Crippen LogP contribution in [0.2, 0.25) is 0 Å². The number of carbonyl (C=O) groups excluding carboxylic acids is 1. The summed E-state index contributed by atoms with van der Waals surface area (Å²) in [5.41, 5.74) is 3.28. The van der Waals surface area contributed by atoms with E-state index in [1.54, 1.807) is 55.5 Å². The van der Waals surface area contributed by atoms with E-state index in [2.05, 4.69) is 5.32 Å². The smallest absolute Gasteiger partial charge is 0.296 e. The lowest BCUT2D eigenvalue weighted by atomic mass is 9.91. The number of para-hydroxylation sites is 1. The molecule has 0 aliphatic carbocycles. The number of hydrogen-bond donors (Lipinski definition) is 1. The van der Waals surface area contributed by atoms with Gasteiger partial charge in [0.15, 0.2) is 0 Å². The normalized spacial score (nSPS) is 16.5. The van der Waals surface area contributed by atoms with Crippen molar-refractivity contribution in [2.45, 2.75) is 30.3 Å². The topological polar surface area (TPSA) is 113 Å². The van der Waals surface area contributed by atoms with Gasteiger partial charge >= 0.3 is 0 Å². The van der Waals surface area contributed by atoms with Crippen molar-refractivity contribution >= 4 is 26.1 Å². The summed E-state index contributed by atoms with van der Waals surface area (Å²) in [6, 6.07) is 39.9. The lowest BCUT2D eigenvalue weighted by Crippen LogP contribution is -2.46. The summed E-state index contributed by atoms with van der Waals surface area (Å²) in [6.07, 6.45) is 0. The number of benzene rings is 5. The molecule has 6 rings (SSSR count). The lowest BCUT2D eigenvalue weighted by molar-refractivity contribution is -0.124. The number of ether oxygens (including phenoxy) is 1. The number of aryl methyl sites for hydroxylation is 1. The quantitative estimate of drug-likeness (QED) is 0.187. The average Bonchev–Trinajstić information content (AvgIpc) is 3.36. The van der Waals surface area contributed by atoms with Gasteiger partial charge in [0, 0.05) is 19.0 Å². The first kappa shape index (κ1) is 33.1. The van der Waals surface area contributed by atoms with Gasteiger partial charge in [0.2, 0.25) is 5.91 Å². The molecule has 1 heterocycles. The Morgan fingerprint density at radius 3 is 1.96 bits per heavy atom. The lowest BCUT2D eigenvalue weighted by Gasteiger charge is -2.24. The molecular weight excluding hydrogens is 647 g/mol. The monoisotopic (exact) mass is 681 g/mol. The molecule has 48 heavy (non-hydrogen) atoms. The summed E-state index contributed by atoms with van der Waals surface area (Å²) in [5.74, 6) is 0.243. The summed E-state index contributed by atoms with van der Waals surface area (Å²) >= 11 is 0. The number of rotatable bonds is 11. The molecule has 246 valence electrons. The van der Waals surface area contributed by atoms with E-state index in [1.165, 1.54) is 12.1 Å². The van der Waals surface area contributed by atoms with Gasteiger partial charge < -0.3 is 10.1 Å². The van der Waals surface area contributed by atoms with Crippen molar-refractivity contribution in [3.8, 4) is 11.5 Å². The van der Waals surface area contributed by atoms with E-state index < -0.39 is 38.7 Å². The van der Waals surface area contributed by atoms with Crippen molar-refractivity contribution in [2.24, 2.45) is 0 Å². The first-order chi connectivity index (χ1) is 23.1. The zero-order chi connectivity index (χ0) is 33.7. The van der Waals surface area contributed by atoms with Gasteiger partial charge in [0.05, 0.1) is 11.4 Å². The van der Waals surface area contributed by atoms with Crippen molar-refractivity contribution in [3.05, 3.63) is 162 Å². The van der Waals surface area contributed by atoms with Crippen LogP contribution in [0.5, 0.6) is 11.5 Å². The van der Waals surface area contributed by atoms with Crippen LogP contribution in [0.25, 0.3) is 0 Å². The molecule has 11 heteroatoms. The van der Waals surface area contributed by atoms with Gasteiger partial charge in [0.1, 0.15) is 17.5 Å². The van der Waals surface area contributed by atoms with Gasteiger partial charge in [-0.15, -0.1) is 0 Å². The number of carbonyl (C=O) groups is 1. The van der Waals surface area contributed by atoms with E-state index >= 15 is 0 Å². The zero-order valence-electron chi connectivity index (χ0n) is 26.2. The fourth-order valence-corrected chi connectivity index (χ4v) is 9.61. The fraction of sp³-hybridized carbons (Fsp3) is 0.162. The Morgan fingerprint density at radius 1 is 0.792 bits per heavy atom. The number of nitrogens with zero attached hydrogens (tertiary/aromatic N) is 2. The molecular formula is C37H35N3O6S2. The minimum Gasteiger partial charge on any atom is -0.457 e. The Balaban J connectivity index is 1.31. The van der Waals surface area contributed by atoms with Crippen molar-refractivity contribution in [3.63, 3.8) is 0 Å². The third-order valence-corrected chi connectivity index (χ3v) is 12.6. The van der Waals surface area contributed by atoms with Gasteiger partial charge in [-0.3, -0.25) is 4.79 Å². The second kappa shape index (κ2) is 14.1. The Morgan fingerprint density at radius 2 is 1.35 bits per heavy atom. The largest absolute Gasteiger partial charge is 0.457 e. The fourth-order valence-electron chi connectivity index (χ4n) is 5.69. The molecule has 0 bridgehead atoms. The van der Waals surface area contributed by atoms with Gasteiger partial charge in [-0.1, -0.05) is 112 Å². The third kappa shape index (κ3) is 7.19. The van der Waals surface area contributed by atoms with Crippen LogP contribution in [-0.2, 0) is 31.6 Å². The SMILES string of the molecule is Cc1ccc(S(=O)(=O)N2CC(C(=O)NCC(c3ccccc3)c3ccccc3)N(Cc3cccc(Oc4ccccc4)c3)S2(=O)=O)cc1. The molecule has 1 atom stereocenters. The van der Waals surface area contributed by atoms with Crippen LogP contribution in [0.1, 0.15) is 28.2 Å². The van der Waals surface area contributed by atoms with E-state index in [-0.39, 0.29) is 23.9 Å². The van der Waals surface area contributed by atoms with Crippen molar-refractivity contribution in [1.82, 2.24) is 13.3 Å². The average molecular weight is 682 g/mol. The highest BCUT2D eigenvalue weighted by atomic mass is 32.3. The van der Waals surface area contributed by atoms with Gasteiger partial charge in [-0.25, -0.2) is 8.42 Å². The van der Waals surface area contributed by atoms with Crippen molar-refractivity contribution in [2.75, 3.05) is 13.1 Å². The first-order valence-corrected chi connectivity index (χ1v) is 18.3. The third-order valence-electron chi connectivity index (χ3n) is 8.21. The Bertz CT molecular complexity index is 2040. The Kier molecular flexibility index (Phi) is 9.74. The Labute approximate surface area is 281 Å². The van der Waals surface area contributed by atoms with E-state index in [0.717, 1.165) is 21.0 Å². The summed E-state index contributed by atoms with van der Waals surface area (Å²) in [6.45, 7) is 1.14. The summed E-state index contributed by atoms with van der Waals surface area (Å²) in [7, 11) is -9.20. The van der Waals surface area contributed by atoms with Gasteiger partial charge in [-0.05, 0) is 60.0 Å². The Hall–Kier alpha value is -4.81. The minimum absolute atomic E-state index is 0.169. The van der Waals surface area contributed by atoms with Gasteiger partial charge in [-0.2, -0.15) is 12.7 Å². The van der Waals surface area contributed by atoms with E-state index in [0.29, 0.717) is 20.8 Å². The highest BCUT2D eigenvalue weighted by Crippen LogP contribution is 2.33. The zero-order valence-corrected chi connectivity index (χ0v) is 27.8. The molecule has 5 aromatic carbocycles. The maximum atomic E-state index is 14.1. The van der Waals surface area contributed by atoms with Crippen LogP contribution in [0.3, 0.4) is 0 Å². The summed E-state index contributed by atoms with van der Waals surface area (Å²) < 4.78 is 63.2. The second-order valence-corrected chi connectivity index (χ2v) is 15.4. The minimum atomic E-state index is -4.67. The highest BCUT2D eigenvalue weighted by Gasteiger charge is 2.52.